The van der Waals surface area contributed by atoms with Crippen molar-refractivity contribution >= 4 is 29.6 Å². The molecule has 1 amide bonds. The third kappa shape index (κ3) is 11.6. The fourth-order valence-corrected chi connectivity index (χ4v) is 21.4. The van der Waals surface area contributed by atoms with E-state index in [1.807, 2.05) is 6.07 Å². The van der Waals surface area contributed by atoms with Gasteiger partial charge >= 0.3 is 17.9 Å². The molecule has 0 bridgehead atoms. The molecule has 0 aromatic carbocycles. The summed E-state index contributed by atoms with van der Waals surface area (Å²) in [7, 11) is 0. The number of allylic oxidation sites excluding steroid dienone is 1. The highest BCUT2D eigenvalue weighted by Gasteiger charge is 2.68. The zero-order valence-electron chi connectivity index (χ0n) is 56.3. The number of nitriles is 4. The second kappa shape index (κ2) is 22.9. The molecule has 87 heavy (non-hydrogen) atoms. The van der Waals surface area contributed by atoms with E-state index in [1.165, 1.54) is 89.9 Å². The molecule has 1 saturated heterocycles. The number of nitrogens with zero attached hydrogens (tertiary/aromatic N) is 4. The standard InChI is InChI=1S/C14H21NO2.C14H19NO2.C12H16N2.C12H21NO2.C12H19NO.C9H14O/c1-4-17-11(16)7-14(10-15)8-12(2)5-6-13(12,3)9-14;1-4-17-12(16)11(9-15)10-7-13(2)5-6-14(13,3)8-10;1-10-3-4-11(10,2)8-12(7-10,9-14)5-6-13;1-10-3-4-11(10,2)7-12(6-10,8-13)5-9(14)15;1-10-3-4-11(10,2)7-12(6-10)5-9(14)13-8-12;1-8-3-4-9(8,2)6-7(10)5-8/h4-9H2,1-3H3;4-8H2,1-3H3;3-5,7-8H2,1-2H3;3-8,13H2,1-2H3,(H,14,15);3-8H2,1-2H3,(H,13,14);3-6H2,1-2H3/t12-,13+,14?;13-,14+;3*10-,11+,12?;8-,9+. The van der Waals surface area contributed by atoms with Gasteiger partial charge in [-0.3, -0.25) is 19.2 Å². The van der Waals surface area contributed by atoms with Gasteiger partial charge in [-0.15, -0.1) is 0 Å². The Morgan fingerprint density at radius 1 is 0.506 bits per heavy atom. The summed E-state index contributed by atoms with van der Waals surface area (Å²) >= 11 is 0. The lowest BCUT2D eigenvalue weighted by atomic mass is 9.53. The monoisotopic (exact) mass is 1200 g/mol. The van der Waals surface area contributed by atoms with Gasteiger partial charge < -0.3 is 25.6 Å². The van der Waals surface area contributed by atoms with Crippen LogP contribution in [0.25, 0.3) is 0 Å². The number of carbonyl (C=O) groups is 5. The van der Waals surface area contributed by atoms with Gasteiger partial charge in [-0.2, -0.15) is 21.0 Å². The average Bonchev–Trinajstić information content (AvgIpc) is 1.68. The first-order valence-corrected chi connectivity index (χ1v) is 33.6. The highest BCUT2D eigenvalue weighted by atomic mass is 16.5. The third-order valence-electron chi connectivity index (χ3n) is 29.3. The normalized spacial score (nSPS) is 47.3. The number of nitrogens with two attached hydrogens (primary N) is 1. The summed E-state index contributed by atoms with van der Waals surface area (Å²) in [5, 5.41) is 48.6. The molecule has 1 heterocycles. The van der Waals surface area contributed by atoms with Crippen molar-refractivity contribution in [2.24, 2.45) is 92.4 Å². The maximum atomic E-state index is 11.7. The van der Waals surface area contributed by atoms with Crippen LogP contribution in [-0.4, -0.2) is 61.0 Å². The quantitative estimate of drug-likeness (QED) is 0.110. The molecule has 480 valence electrons. The first-order chi connectivity index (χ1) is 40.2. The van der Waals surface area contributed by atoms with Crippen LogP contribution < -0.4 is 11.1 Å². The molecule has 16 atom stereocenters. The summed E-state index contributed by atoms with van der Waals surface area (Å²) in [6, 6.07) is 9.04. The van der Waals surface area contributed by atoms with E-state index in [1.54, 1.807) is 13.8 Å². The number of hydrogen-bond acceptors (Lipinski definition) is 12. The number of carboxylic acid groups (broad SMARTS) is 1. The number of carbonyl (C=O) groups excluding carboxylic acids is 4. The van der Waals surface area contributed by atoms with E-state index in [-0.39, 0.29) is 62.8 Å². The average molecular weight is 1200 g/mol. The zero-order chi connectivity index (χ0) is 64.6. The van der Waals surface area contributed by atoms with E-state index >= 15 is 0 Å². The molecular weight excluding hydrogens is 1090 g/mol. The molecule has 13 aliphatic rings. The number of carboxylic acids is 1. The summed E-state index contributed by atoms with van der Waals surface area (Å²) in [5.41, 5.74) is 10.8. The van der Waals surface area contributed by atoms with Gasteiger partial charge in [0.15, 0.2) is 0 Å². The summed E-state index contributed by atoms with van der Waals surface area (Å²) in [6.45, 7) is 33.4. The van der Waals surface area contributed by atoms with Gasteiger partial charge in [-0.25, -0.2) is 4.79 Å². The third-order valence-corrected chi connectivity index (χ3v) is 29.3. The first kappa shape index (κ1) is 68.1. The Kier molecular flexibility index (Phi) is 17.9. The molecule has 1 aliphatic heterocycles. The topological polar surface area (TPSA) is 257 Å². The van der Waals surface area contributed by atoms with Crippen molar-refractivity contribution in [1.82, 2.24) is 5.32 Å². The van der Waals surface area contributed by atoms with E-state index < -0.39 is 17.4 Å². The Bertz CT molecular complexity index is 2870. The number of fused-ring (bicyclic) bond motifs is 6. The second-order valence-corrected chi connectivity index (χ2v) is 35.0. The van der Waals surface area contributed by atoms with E-state index in [0.717, 1.165) is 82.7 Å². The number of rotatable bonds is 9. The lowest BCUT2D eigenvalue weighted by molar-refractivity contribution is -0.145. The van der Waals surface area contributed by atoms with Crippen LogP contribution in [0.2, 0.25) is 0 Å². The van der Waals surface area contributed by atoms with Gasteiger partial charge in [0.1, 0.15) is 17.4 Å². The molecule has 4 N–H and O–H groups in total. The summed E-state index contributed by atoms with van der Waals surface area (Å²) in [4.78, 5) is 56.7. The Morgan fingerprint density at radius 3 is 1.17 bits per heavy atom. The van der Waals surface area contributed by atoms with Crippen molar-refractivity contribution in [3.05, 3.63) is 11.1 Å². The van der Waals surface area contributed by atoms with Gasteiger partial charge in [-0.05, 0) is 243 Å². The number of nitrogens with one attached hydrogen (secondary N) is 1. The van der Waals surface area contributed by atoms with Crippen LogP contribution in [0.1, 0.15) is 277 Å². The van der Waals surface area contributed by atoms with Crippen LogP contribution in [-0.2, 0) is 33.4 Å². The lowest BCUT2D eigenvalue weighted by Crippen LogP contribution is -2.42. The molecular formula is C73H110N6O8. The lowest BCUT2D eigenvalue weighted by Gasteiger charge is -2.52. The number of aliphatic carboxylic acids is 1. The maximum absolute atomic E-state index is 11.7. The highest BCUT2D eigenvalue weighted by molar-refractivity contribution is 5.94. The van der Waals surface area contributed by atoms with Gasteiger partial charge in [0.05, 0.1) is 61.5 Å². The molecule has 0 radical (unpaired) electrons. The summed E-state index contributed by atoms with van der Waals surface area (Å²) in [6.07, 6.45) is 28.3. The number of ether oxygens (including phenoxy) is 2. The minimum atomic E-state index is -0.700. The van der Waals surface area contributed by atoms with Crippen LogP contribution >= 0.6 is 0 Å². The zero-order valence-corrected chi connectivity index (χ0v) is 56.3. The van der Waals surface area contributed by atoms with E-state index in [4.69, 9.17) is 30.8 Å². The Labute approximate surface area is 523 Å². The second-order valence-electron chi connectivity index (χ2n) is 35.0. The van der Waals surface area contributed by atoms with E-state index in [9.17, 15) is 34.5 Å². The van der Waals surface area contributed by atoms with E-state index in [0.29, 0.717) is 80.7 Å². The number of esters is 2. The van der Waals surface area contributed by atoms with Crippen LogP contribution in [0.15, 0.2) is 11.1 Å². The predicted molar refractivity (Wildman–Crippen MR) is 334 cm³/mol. The minimum Gasteiger partial charge on any atom is -0.481 e. The molecule has 1 spiro atoms. The van der Waals surface area contributed by atoms with Gasteiger partial charge in [0.25, 0.3) is 0 Å². The SMILES string of the molecule is CCOC(=O)C(C#N)=C1C[C@]2(C)CC[C@]2(C)C1.CCOC(=O)CC1(C#N)C[C@]2(C)CC[C@]2(C)C1.C[C@@]12CC[C@]1(C)CC(=O)C2.C[C@@]12CC[C@]1(C)CC(C#N)(CC#N)C2.C[C@@]12CC[C@]1(C)CC(CN)(CC(=O)O)C2.C[C@@]12CC[C@]1(C)CC1(CNC(=O)C1)C2. The Balaban J connectivity index is 0.000000136. The molecule has 13 fully saturated rings. The number of Topliss-reactive ketones (excluding diaryl/α,β-unsaturated/α-hetero) is 1. The highest BCUT2D eigenvalue weighted by Crippen LogP contribution is 2.75. The van der Waals surface area contributed by atoms with Crippen molar-refractivity contribution in [3.63, 3.8) is 0 Å². The molecule has 12 saturated carbocycles. The van der Waals surface area contributed by atoms with Gasteiger partial charge in [-0.1, -0.05) is 83.1 Å². The van der Waals surface area contributed by atoms with Crippen LogP contribution in [0, 0.1) is 132 Å². The Hall–Kier alpha value is -4.79. The molecule has 14 nitrogen and oxygen atoms in total. The molecule has 0 aromatic rings. The predicted octanol–water partition coefficient (Wildman–Crippen LogP) is 15.3. The smallest absolute Gasteiger partial charge is 0.348 e. The van der Waals surface area contributed by atoms with Crippen LogP contribution in [0.3, 0.4) is 0 Å². The minimum absolute atomic E-state index is 0.133. The number of ketones is 1. The Morgan fingerprint density at radius 2 is 0.874 bits per heavy atom. The van der Waals surface area contributed by atoms with Crippen molar-refractivity contribution in [2.45, 2.75) is 277 Å². The van der Waals surface area contributed by atoms with Crippen molar-refractivity contribution in [3.8, 4) is 24.3 Å². The number of hydrogen-bond donors (Lipinski definition) is 3. The molecule has 0 aromatic heterocycles. The fraction of sp³-hybridized carbons (Fsp3) is 0.849. The number of amides is 1. The molecule has 14 heteroatoms. The first-order valence-electron chi connectivity index (χ1n) is 33.6. The fourth-order valence-electron chi connectivity index (χ4n) is 21.4. The van der Waals surface area contributed by atoms with Crippen LogP contribution in [0.5, 0.6) is 0 Å². The summed E-state index contributed by atoms with van der Waals surface area (Å²) in [5.74, 6) is -0.601. The van der Waals surface area contributed by atoms with Gasteiger partial charge in [0, 0.05) is 25.8 Å². The molecule has 4 unspecified atom stereocenters. The molecule has 13 rings (SSSR count). The largest absolute Gasteiger partial charge is 0.481 e. The van der Waals surface area contributed by atoms with Crippen molar-refractivity contribution in [2.75, 3.05) is 26.3 Å². The van der Waals surface area contributed by atoms with Crippen molar-refractivity contribution < 1.29 is 38.6 Å². The molecule has 12 aliphatic carbocycles. The summed E-state index contributed by atoms with van der Waals surface area (Å²) < 4.78 is 9.94. The van der Waals surface area contributed by atoms with Crippen LogP contribution in [0.4, 0.5) is 0 Å². The van der Waals surface area contributed by atoms with Gasteiger partial charge in [0.2, 0.25) is 5.91 Å². The van der Waals surface area contributed by atoms with Crippen molar-refractivity contribution in [1.29, 1.82) is 21.0 Å². The van der Waals surface area contributed by atoms with E-state index in [2.05, 4.69) is 107 Å². The maximum Gasteiger partial charge on any atom is 0.348 e.